The lowest BCUT2D eigenvalue weighted by Crippen LogP contribution is -2.35. The second kappa shape index (κ2) is 9.44. The normalized spacial score (nSPS) is 16.6. The molecule has 6 nitrogen and oxygen atoms in total. The van der Waals surface area contributed by atoms with Crippen molar-refractivity contribution in [3.8, 4) is 5.75 Å². The molecule has 0 saturated carbocycles. The molecule has 2 aliphatic heterocycles. The number of fused-ring (bicyclic) bond motifs is 2. The van der Waals surface area contributed by atoms with Gasteiger partial charge in [0.15, 0.2) is 5.84 Å². The average Bonchev–Trinajstić information content (AvgIpc) is 3.24. The summed E-state index contributed by atoms with van der Waals surface area (Å²) in [4.78, 5) is 16.9. The number of rotatable bonds is 6. The summed E-state index contributed by atoms with van der Waals surface area (Å²) in [7, 11) is 0. The number of carbonyl (C=O) groups is 1. The third-order valence-corrected chi connectivity index (χ3v) is 6.70. The number of hydrogen-bond acceptors (Lipinski definition) is 5. The molecule has 0 aliphatic carbocycles. The predicted molar refractivity (Wildman–Crippen MR) is 140 cm³/mol. The van der Waals surface area contributed by atoms with Crippen molar-refractivity contribution in [3.05, 3.63) is 82.4 Å². The number of ether oxygens (including phenoxy) is 1. The van der Waals surface area contributed by atoms with Crippen molar-refractivity contribution >= 4 is 62.2 Å². The van der Waals surface area contributed by atoms with Gasteiger partial charge in [-0.1, -0.05) is 61.0 Å². The van der Waals surface area contributed by atoms with Crippen LogP contribution in [0.1, 0.15) is 30.9 Å². The van der Waals surface area contributed by atoms with E-state index in [2.05, 4.69) is 35.2 Å². The van der Waals surface area contributed by atoms with Gasteiger partial charge in [-0.3, -0.25) is 10.2 Å². The molecule has 0 fully saturated rings. The number of benzene rings is 3. The topological polar surface area (TPSA) is 78.1 Å². The van der Waals surface area contributed by atoms with E-state index in [0.717, 1.165) is 34.2 Å². The SMILES string of the molecule is CCCC1=NN2C(=N)/C(=C\c3cc(Cl)ccc3OCc3cccc4ccccc34)C(=O)N=C2S1. The Hall–Kier alpha value is -3.42. The van der Waals surface area contributed by atoms with Crippen LogP contribution in [0.3, 0.4) is 0 Å². The zero-order valence-corrected chi connectivity index (χ0v) is 20.0. The van der Waals surface area contributed by atoms with Crippen LogP contribution in [0.2, 0.25) is 5.02 Å². The van der Waals surface area contributed by atoms with Gasteiger partial charge in [-0.2, -0.15) is 15.1 Å². The molecule has 3 aromatic carbocycles. The maximum Gasteiger partial charge on any atom is 0.283 e. The van der Waals surface area contributed by atoms with Crippen molar-refractivity contribution in [1.82, 2.24) is 5.01 Å². The Morgan fingerprint density at radius 2 is 1.97 bits per heavy atom. The summed E-state index contributed by atoms with van der Waals surface area (Å²) < 4.78 is 6.17. The highest BCUT2D eigenvalue weighted by molar-refractivity contribution is 8.26. The Morgan fingerprint density at radius 3 is 2.82 bits per heavy atom. The number of nitrogens with zero attached hydrogens (tertiary/aromatic N) is 3. The van der Waals surface area contributed by atoms with Crippen LogP contribution in [-0.4, -0.2) is 27.0 Å². The van der Waals surface area contributed by atoms with E-state index in [1.807, 2.05) is 24.3 Å². The van der Waals surface area contributed by atoms with Crippen LogP contribution in [0, 0.1) is 5.41 Å². The van der Waals surface area contributed by atoms with Crippen LogP contribution in [0.25, 0.3) is 16.8 Å². The fourth-order valence-corrected chi connectivity index (χ4v) is 5.01. The molecule has 2 heterocycles. The molecule has 0 bridgehead atoms. The molecular formula is C26H21ClN4O2S. The molecule has 0 atom stereocenters. The number of carbonyl (C=O) groups excluding carboxylic acids is 1. The first-order valence-electron chi connectivity index (χ1n) is 10.9. The fraction of sp³-hybridized carbons (Fsp3) is 0.154. The molecule has 0 radical (unpaired) electrons. The van der Waals surface area contributed by atoms with E-state index in [4.69, 9.17) is 21.7 Å². The van der Waals surface area contributed by atoms with Crippen molar-refractivity contribution in [2.24, 2.45) is 10.1 Å². The molecule has 2 aliphatic rings. The molecule has 0 spiro atoms. The van der Waals surface area contributed by atoms with Crippen LogP contribution >= 0.6 is 23.4 Å². The minimum atomic E-state index is -0.475. The van der Waals surface area contributed by atoms with Gasteiger partial charge >= 0.3 is 0 Å². The first-order valence-corrected chi connectivity index (χ1v) is 12.1. The summed E-state index contributed by atoms with van der Waals surface area (Å²) in [6.07, 6.45) is 3.31. The van der Waals surface area contributed by atoms with Gasteiger partial charge in [-0.15, -0.1) is 0 Å². The van der Waals surface area contributed by atoms with Crippen molar-refractivity contribution < 1.29 is 9.53 Å². The number of amides is 1. The maximum absolute atomic E-state index is 12.8. The van der Waals surface area contributed by atoms with E-state index in [9.17, 15) is 4.79 Å². The molecule has 0 aromatic heterocycles. The molecular weight excluding hydrogens is 468 g/mol. The van der Waals surface area contributed by atoms with Crippen molar-refractivity contribution in [2.45, 2.75) is 26.4 Å². The van der Waals surface area contributed by atoms with Crippen molar-refractivity contribution in [1.29, 1.82) is 5.41 Å². The maximum atomic E-state index is 12.8. The third kappa shape index (κ3) is 4.36. The van der Waals surface area contributed by atoms with Crippen LogP contribution in [0.5, 0.6) is 5.75 Å². The van der Waals surface area contributed by atoms with Gasteiger partial charge < -0.3 is 4.74 Å². The van der Waals surface area contributed by atoms with E-state index >= 15 is 0 Å². The number of aliphatic imine (C=N–C) groups is 1. The molecule has 5 rings (SSSR count). The molecule has 8 heteroatoms. The summed E-state index contributed by atoms with van der Waals surface area (Å²) in [5.41, 5.74) is 1.79. The molecule has 0 saturated heterocycles. The van der Waals surface area contributed by atoms with Crippen LogP contribution in [-0.2, 0) is 11.4 Å². The largest absolute Gasteiger partial charge is 0.488 e. The lowest BCUT2D eigenvalue weighted by molar-refractivity contribution is -0.114. The number of hydrogen-bond donors (Lipinski definition) is 1. The quantitative estimate of drug-likeness (QED) is 0.402. The highest BCUT2D eigenvalue weighted by atomic mass is 35.5. The minimum absolute atomic E-state index is 0.00594. The first-order chi connectivity index (χ1) is 16.5. The summed E-state index contributed by atoms with van der Waals surface area (Å²) in [6.45, 7) is 2.41. The van der Waals surface area contributed by atoms with Gasteiger partial charge in [0.05, 0.1) is 5.57 Å². The smallest absolute Gasteiger partial charge is 0.283 e. The second-order valence-electron chi connectivity index (χ2n) is 7.87. The van der Waals surface area contributed by atoms with Crippen molar-refractivity contribution in [2.75, 3.05) is 0 Å². The zero-order valence-electron chi connectivity index (χ0n) is 18.4. The number of hydrazone groups is 1. The number of thioether (sulfide) groups is 1. The monoisotopic (exact) mass is 488 g/mol. The highest BCUT2D eigenvalue weighted by Gasteiger charge is 2.35. The zero-order chi connectivity index (χ0) is 23.7. The van der Waals surface area contributed by atoms with E-state index in [-0.39, 0.29) is 11.4 Å². The average molecular weight is 489 g/mol. The van der Waals surface area contributed by atoms with Gasteiger partial charge in [0.25, 0.3) is 5.91 Å². The fourth-order valence-electron chi connectivity index (χ4n) is 3.84. The van der Waals surface area contributed by atoms with E-state index in [0.29, 0.717) is 28.1 Å². The summed E-state index contributed by atoms with van der Waals surface area (Å²) in [5.74, 6) is 0.0800. The van der Waals surface area contributed by atoms with Gasteiger partial charge in [-0.25, -0.2) is 0 Å². The molecule has 3 aromatic rings. The molecule has 34 heavy (non-hydrogen) atoms. The van der Waals surface area contributed by atoms with E-state index in [1.54, 1.807) is 24.3 Å². The Morgan fingerprint density at radius 1 is 1.15 bits per heavy atom. The Balaban J connectivity index is 1.45. The molecule has 170 valence electrons. The van der Waals surface area contributed by atoms with E-state index in [1.165, 1.54) is 16.8 Å². The van der Waals surface area contributed by atoms with E-state index < -0.39 is 5.91 Å². The third-order valence-electron chi connectivity index (χ3n) is 5.49. The molecule has 1 amide bonds. The Bertz CT molecular complexity index is 1410. The molecule has 0 unspecified atom stereocenters. The predicted octanol–water partition coefficient (Wildman–Crippen LogP) is 6.49. The van der Waals surface area contributed by atoms with Crippen LogP contribution in [0.4, 0.5) is 0 Å². The van der Waals surface area contributed by atoms with Gasteiger partial charge in [0, 0.05) is 10.6 Å². The van der Waals surface area contributed by atoms with Crippen molar-refractivity contribution in [3.63, 3.8) is 0 Å². The van der Waals surface area contributed by atoms with Crippen LogP contribution < -0.4 is 4.74 Å². The standard InChI is InChI=1S/C26H21ClN4O2S/c1-2-6-23-30-31-24(28)21(25(32)29-26(31)34-23)14-18-13-19(27)11-12-22(18)33-15-17-9-5-8-16-7-3-4-10-20(16)17/h3-5,7-14,28H,2,6,15H2,1H3/b21-14+,28-24?. The van der Waals surface area contributed by atoms with Gasteiger partial charge in [-0.05, 0) is 65.2 Å². The lowest BCUT2D eigenvalue weighted by Gasteiger charge is -2.20. The van der Waals surface area contributed by atoms with Gasteiger partial charge in [0.1, 0.15) is 17.4 Å². The minimum Gasteiger partial charge on any atom is -0.488 e. The summed E-state index contributed by atoms with van der Waals surface area (Å²) in [6, 6.07) is 19.5. The summed E-state index contributed by atoms with van der Waals surface area (Å²) in [5, 5.41) is 18.5. The Labute approximate surface area is 206 Å². The summed E-state index contributed by atoms with van der Waals surface area (Å²) >= 11 is 7.60. The van der Waals surface area contributed by atoms with Crippen LogP contribution in [0.15, 0.2) is 76.3 Å². The number of halogens is 1. The van der Waals surface area contributed by atoms with Gasteiger partial charge in [0.2, 0.25) is 5.17 Å². The molecule has 1 N–H and O–H groups in total. The number of nitrogens with one attached hydrogen (secondary N) is 1. The Kier molecular flexibility index (Phi) is 6.22. The first kappa shape index (κ1) is 22.4. The lowest BCUT2D eigenvalue weighted by atomic mass is 10.1. The highest BCUT2D eigenvalue weighted by Crippen LogP contribution is 2.32. The number of amidine groups is 2. The second-order valence-corrected chi connectivity index (χ2v) is 9.35.